The standard InChI is InChI=1S/C21H32N2O6/c1-15(2)11-18(22-20(25)29-21(3,4)5)17(13-23(26)27)12-19(24)28-14-16-9-7-6-8-10-16/h6-10,15,17-18H,11-14H2,1-5H3,(H,22,25)/t17-,18+/m1/s1. The minimum Gasteiger partial charge on any atom is -0.461 e. The van der Waals surface area contributed by atoms with Crippen LogP contribution in [0.1, 0.15) is 53.0 Å². The van der Waals surface area contributed by atoms with Gasteiger partial charge >= 0.3 is 12.1 Å². The Balaban J connectivity index is 2.83. The summed E-state index contributed by atoms with van der Waals surface area (Å²) >= 11 is 0. The quantitative estimate of drug-likeness (QED) is 0.357. The highest BCUT2D eigenvalue weighted by Crippen LogP contribution is 2.20. The fourth-order valence-electron chi connectivity index (χ4n) is 2.87. The van der Waals surface area contributed by atoms with Gasteiger partial charge in [-0.05, 0) is 38.7 Å². The van der Waals surface area contributed by atoms with Gasteiger partial charge in [0, 0.05) is 11.0 Å². The maximum Gasteiger partial charge on any atom is 0.407 e. The van der Waals surface area contributed by atoms with Crippen LogP contribution in [0, 0.1) is 22.0 Å². The van der Waals surface area contributed by atoms with Crippen LogP contribution in [0.4, 0.5) is 4.79 Å². The van der Waals surface area contributed by atoms with Crippen LogP contribution < -0.4 is 5.32 Å². The first-order chi connectivity index (χ1) is 13.5. The third-order valence-electron chi connectivity index (χ3n) is 4.05. The Morgan fingerprint density at radius 2 is 1.79 bits per heavy atom. The lowest BCUT2D eigenvalue weighted by atomic mass is 9.89. The summed E-state index contributed by atoms with van der Waals surface area (Å²) < 4.78 is 10.6. The van der Waals surface area contributed by atoms with Crippen LogP contribution in [0.5, 0.6) is 0 Å². The van der Waals surface area contributed by atoms with Gasteiger partial charge in [-0.25, -0.2) is 4.79 Å². The van der Waals surface area contributed by atoms with E-state index in [0.717, 1.165) is 5.56 Å². The molecule has 0 bridgehead atoms. The Labute approximate surface area is 172 Å². The maximum absolute atomic E-state index is 12.3. The SMILES string of the molecule is CC(C)C[C@H](NC(=O)OC(C)(C)C)[C@H](CC(=O)OCc1ccccc1)C[N+](=O)[O-]. The molecule has 0 aliphatic heterocycles. The summed E-state index contributed by atoms with van der Waals surface area (Å²) in [5.74, 6) is -1.09. The lowest BCUT2D eigenvalue weighted by Crippen LogP contribution is -2.46. The molecule has 0 aliphatic rings. The van der Waals surface area contributed by atoms with E-state index >= 15 is 0 Å². The van der Waals surface area contributed by atoms with Gasteiger partial charge < -0.3 is 14.8 Å². The van der Waals surface area contributed by atoms with Crippen LogP contribution in [0.15, 0.2) is 30.3 Å². The molecule has 0 aliphatic carbocycles. The Bertz CT molecular complexity index is 669. The van der Waals surface area contributed by atoms with Crippen LogP contribution in [-0.2, 0) is 20.9 Å². The minimum absolute atomic E-state index is 0.0964. The molecule has 0 fully saturated rings. The van der Waals surface area contributed by atoms with E-state index in [1.165, 1.54) is 0 Å². The molecule has 1 rings (SSSR count). The van der Waals surface area contributed by atoms with Crippen LogP contribution >= 0.6 is 0 Å². The molecule has 0 saturated carbocycles. The lowest BCUT2D eigenvalue weighted by molar-refractivity contribution is -0.489. The number of esters is 1. The van der Waals surface area contributed by atoms with Crippen molar-refractivity contribution in [3.05, 3.63) is 46.0 Å². The van der Waals surface area contributed by atoms with Crippen molar-refractivity contribution in [1.29, 1.82) is 0 Å². The second-order valence-corrected chi connectivity index (χ2v) is 8.51. The van der Waals surface area contributed by atoms with Gasteiger partial charge in [0.25, 0.3) is 0 Å². The molecule has 0 spiro atoms. The fraction of sp³-hybridized carbons (Fsp3) is 0.619. The van der Waals surface area contributed by atoms with Crippen molar-refractivity contribution < 1.29 is 24.0 Å². The number of alkyl carbamates (subject to hydrolysis) is 1. The summed E-state index contributed by atoms with van der Waals surface area (Å²) in [6.45, 7) is 8.74. The van der Waals surface area contributed by atoms with Crippen LogP contribution in [0.25, 0.3) is 0 Å². The zero-order chi connectivity index (χ0) is 22.0. The van der Waals surface area contributed by atoms with E-state index in [1.807, 2.05) is 44.2 Å². The maximum atomic E-state index is 12.3. The third-order valence-corrected chi connectivity index (χ3v) is 4.05. The zero-order valence-electron chi connectivity index (χ0n) is 17.8. The van der Waals surface area contributed by atoms with Gasteiger partial charge in [0.05, 0.1) is 12.3 Å². The monoisotopic (exact) mass is 408 g/mol. The number of amides is 1. The molecule has 0 heterocycles. The first-order valence-corrected chi connectivity index (χ1v) is 9.77. The molecule has 8 nitrogen and oxygen atoms in total. The number of ether oxygens (including phenoxy) is 2. The molecule has 0 unspecified atom stereocenters. The van der Waals surface area contributed by atoms with Gasteiger partial charge in [-0.15, -0.1) is 0 Å². The molecular formula is C21H32N2O6. The van der Waals surface area contributed by atoms with Gasteiger partial charge in [0.15, 0.2) is 0 Å². The Hall–Kier alpha value is -2.64. The summed E-state index contributed by atoms with van der Waals surface area (Å²) in [7, 11) is 0. The molecule has 0 aromatic heterocycles. The van der Waals surface area contributed by atoms with E-state index in [1.54, 1.807) is 20.8 Å². The van der Waals surface area contributed by atoms with Crippen molar-refractivity contribution in [2.45, 2.75) is 65.7 Å². The number of nitrogens with zero attached hydrogens (tertiary/aromatic N) is 1. The topological polar surface area (TPSA) is 108 Å². The summed E-state index contributed by atoms with van der Waals surface area (Å²) in [5.41, 5.74) is 0.136. The molecule has 2 atom stereocenters. The Kier molecular flexibility index (Phi) is 9.58. The molecule has 1 aromatic rings. The van der Waals surface area contributed by atoms with Crippen molar-refractivity contribution in [1.82, 2.24) is 5.32 Å². The summed E-state index contributed by atoms with van der Waals surface area (Å²) in [6, 6.07) is 8.60. The van der Waals surface area contributed by atoms with Gasteiger partial charge in [-0.1, -0.05) is 44.2 Å². The molecule has 0 radical (unpaired) electrons. The number of benzene rings is 1. The highest BCUT2D eigenvalue weighted by molar-refractivity contribution is 5.71. The van der Waals surface area contributed by atoms with Gasteiger partial charge in [-0.2, -0.15) is 0 Å². The van der Waals surface area contributed by atoms with Crippen LogP contribution in [-0.4, -0.2) is 35.2 Å². The zero-order valence-corrected chi connectivity index (χ0v) is 17.8. The van der Waals surface area contributed by atoms with E-state index in [0.29, 0.717) is 6.42 Å². The average Bonchev–Trinajstić information content (AvgIpc) is 2.57. The Morgan fingerprint density at radius 1 is 1.17 bits per heavy atom. The molecule has 29 heavy (non-hydrogen) atoms. The molecule has 0 saturated heterocycles. The third kappa shape index (κ3) is 11.1. The lowest BCUT2D eigenvalue weighted by Gasteiger charge is -2.28. The predicted octanol–water partition coefficient (Wildman–Crippen LogP) is 3.95. The molecule has 8 heteroatoms. The predicted molar refractivity (Wildman–Crippen MR) is 109 cm³/mol. The normalized spacial score (nSPS) is 13.4. The number of nitrogens with one attached hydrogen (secondary N) is 1. The highest BCUT2D eigenvalue weighted by Gasteiger charge is 2.32. The van der Waals surface area contributed by atoms with Gasteiger partial charge in [-0.3, -0.25) is 14.9 Å². The summed E-state index contributed by atoms with van der Waals surface area (Å²) in [5, 5.41) is 13.9. The number of carbonyl (C=O) groups is 2. The molecule has 1 N–H and O–H groups in total. The summed E-state index contributed by atoms with van der Waals surface area (Å²) in [4.78, 5) is 35.3. The highest BCUT2D eigenvalue weighted by atomic mass is 16.6. The van der Waals surface area contributed by atoms with Crippen molar-refractivity contribution >= 4 is 12.1 Å². The van der Waals surface area contributed by atoms with E-state index in [2.05, 4.69) is 5.32 Å². The first kappa shape index (κ1) is 24.4. The van der Waals surface area contributed by atoms with E-state index < -0.39 is 41.1 Å². The van der Waals surface area contributed by atoms with Crippen molar-refractivity contribution in [3.8, 4) is 0 Å². The van der Waals surface area contributed by atoms with Crippen molar-refractivity contribution in [2.24, 2.45) is 11.8 Å². The van der Waals surface area contributed by atoms with E-state index in [9.17, 15) is 19.7 Å². The second-order valence-electron chi connectivity index (χ2n) is 8.51. The van der Waals surface area contributed by atoms with Crippen LogP contribution in [0.2, 0.25) is 0 Å². The van der Waals surface area contributed by atoms with Gasteiger partial charge in [0.1, 0.15) is 12.2 Å². The first-order valence-electron chi connectivity index (χ1n) is 9.77. The van der Waals surface area contributed by atoms with Crippen LogP contribution in [0.3, 0.4) is 0 Å². The van der Waals surface area contributed by atoms with Crippen molar-refractivity contribution in [3.63, 3.8) is 0 Å². The summed E-state index contributed by atoms with van der Waals surface area (Å²) in [6.07, 6.45) is -0.348. The van der Waals surface area contributed by atoms with Gasteiger partial charge in [0.2, 0.25) is 6.54 Å². The smallest absolute Gasteiger partial charge is 0.407 e. The molecule has 1 aromatic carbocycles. The number of carbonyl (C=O) groups excluding carboxylic acids is 2. The number of hydrogen-bond donors (Lipinski definition) is 1. The Morgan fingerprint density at radius 3 is 2.31 bits per heavy atom. The second kappa shape index (κ2) is 11.4. The number of rotatable bonds is 10. The minimum atomic E-state index is -0.705. The molecule has 1 amide bonds. The van der Waals surface area contributed by atoms with E-state index in [-0.39, 0.29) is 18.9 Å². The number of nitro groups is 1. The van der Waals surface area contributed by atoms with Crippen molar-refractivity contribution in [2.75, 3.05) is 6.54 Å². The number of hydrogen-bond acceptors (Lipinski definition) is 6. The van der Waals surface area contributed by atoms with E-state index in [4.69, 9.17) is 9.47 Å². The molecular weight excluding hydrogens is 376 g/mol. The largest absolute Gasteiger partial charge is 0.461 e. The fourth-order valence-corrected chi connectivity index (χ4v) is 2.87. The average molecular weight is 408 g/mol. The molecule has 162 valence electrons.